The lowest BCUT2D eigenvalue weighted by molar-refractivity contribution is 0.812. The van der Waals surface area contributed by atoms with E-state index in [1.165, 1.54) is 5.56 Å². The van der Waals surface area contributed by atoms with Crippen LogP contribution in [0.1, 0.15) is 5.56 Å². The van der Waals surface area contributed by atoms with E-state index in [-0.39, 0.29) is 0 Å². The predicted octanol–water partition coefficient (Wildman–Crippen LogP) is 1.35. The van der Waals surface area contributed by atoms with Crippen LogP contribution in [-0.2, 0) is 13.6 Å². The topological polar surface area (TPSA) is 48.0 Å². The number of aromatic nitrogens is 4. The third kappa shape index (κ3) is 2.03. The summed E-state index contributed by atoms with van der Waals surface area (Å²) >= 11 is 0. The van der Waals surface area contributed by atoms with Crippen LogP contribution in [0.15, 0.2) is 48.0 Å². The van der Waals surface area contributed by atoms with Crippen molar-refractivity contribution in [3.05, 3.63) is 54.0 Å². The second kappa shape index (κ2) is 4.68. The number of rotatable bonds is 2. The number of hydrogen-bond donors (Lipinski definition) is 0. The Morgan fingerprint density at radius 3 is 2.63 bits per heavy atom. The molecule has 0 atom stereocenters. The molecule has 96 valence electrons. The molecule has 1 aromatic carbocycles. The Morgan fingerprint density at radius 1 is 1.11 bits per heavy atom. The molecular formula is C14H15N5. The molecule has 0 saturated carbocycles. The van der Waals surface area contributed by atoms with Gasteiger partial charge < -0.3 is 9.13 Å². The van der Waals surface area contributed by atoms with Gasteiger partial charge in [-0.1, -0.05) is 30.3 Å². The van der Waals surface area contributed by atoms with Gasteiger partial charge in [-0.25, -0.2) is 9.97 Å². The molecule has 5 heteroatoms. The standard InChI is InChI=1S/C14H15N5/c1-15-13-12-14(18(2)9-16-13)17-10-19(12)8-11-6-4-3-5-7-11/h3-7,9-10H,8H2,1-2H3. The van der Waals surface area contributed by atoms with Crippen molar-refractivity contribution in [2.75, 3.05) is 7.05 Å². The van der Waals surface area contributed by atoms with Gasteiger partial charge in [0, 0.05) is 20.6 Å². The lowest BCUT2D eigenvalue weighted by Crippen LogP contribution is -2.15. The number of hydrogen-bond acceptors (Lipinski definition) is 3. The van der Waals surface area contributed by atoms with Gasteiger partial charge in [0.2, 0.25) is 0 Å². The lowest BCUT2D eigenvalue weighted by Gasteiger charge is -2.05. The average Bonchev–Trinajstić information content (AvgIpc) is 2.86. The first kappa shape index (κ1) is 11.6. The molecule has 0 aliphatic heterocycles. The van der Waals surface area contributed by atoms with Gasteiger partial charge in [-0.05, 0) is 5.56 Å². The van der Waals surface area contributed by atoms with Gasteiger partial charge >= 0.3 is 0 Å². The molecule has 0 N–H and O–H groups in total. The largest absolute Gasteiger partial charge is 0.322 e. The van der Waals surface area contributed by atoms with E-state index >= 15 is 0 Å². The van der Waals surface area contributed by atoms with E-state index in [9.17, 15) is 0 Å². The molecule has 0 saturated heterocycles. The normalized spacial score (nSPS) is 12.2. The minimum atomic E-state index is 0.724. The molecule has 0 spiro atoms. The highest BCUT2D eigenvalue weighted by Crippen LogP contribution is 2.09. The van der Waals surface area contributed by atoms with Crippen molar-refractivity contribution in [1.29, 1.82) is 0 Å². The summed E-state index contributed by atoms with van der Waals surface area (Å²) < 4.78 is 3.99. The van der Waals surface area contributed by atoms with E-state index in [2.05, 4.69) is 31.7 Å². The van der Waals surface area contributed by atoms with Gasteiger partial charge in [-0.2, -0.15) is 0 Å². The SMILES string of the molecule is CN=c1ncn(C)c2ncn(Cc3ccccc3)c12. The summed E-state index contributed by atoms with van der Waals surface area (Å²) in [5.41, 5.74) is 3.82. The summed E-state index contributed by atoms with van der Waals surface area (Å²) in [6.45, 7) is 0.769. The van der Waals surface area contributed by atoms with E-state index < -0.39 is 0 Å². The molecule has 3 rings (SSSR count). The van der Waals surface area contributed by atoms with E-state index in [0.29, 0.717) is 0 Å². The van der Waals surface area contributed by atoms with Crippen LogP contribution in [0.25, 0.3) is 11.2 Å². The van der Waals surface area contributed by atoms with Crippen molar-refractivity contribution in [3.8, 4) is 0 Å². The lowest BCUT2D eigenvalue weighted by atomic mass is 10.2. The Labute approximate surface area is 110 Å². The van der Waals surface area contributed by atoms with E-state index in [0.717, 1.165) is 23.2 Å². The molecule has 5 nitrogen and oxygen atoms in total. The highest BCUT2D eigenvalue weighted by molar-refractivity contribution is 5.69. The van der Waals surface area contributed by atoms with Gasteiger partial charge in [0.05, 0.1) is 12.7 Å². The molecule has 0 radical (unpaired) electrons. The maximum absolute atomic E-state index is 4.45. The molecule has 2 aromatic heterocycles. The van der Waals surface area contributed by atoms with Crippen LogP contribution in [0.4, 0.5) is 0 Å². The zero-order valence-corrected chi connectivity index (χ0v) is 11.0. The maximum Gasteiger partial charge on any atom is 0.176 e. The van der Waals surface area contributed by atoms with Crippen LogP contribution in [0.5, 0.6) is 0 Å². The highest BCUT2D eigenvalue weighted by Gasteiger charge is 2.08. The monoisotopic (exact) mass is 253 g/mol. The fourth-order valence-corrected chi connectivity index (χ4v) is 2.18. The Morgan fingerprint density at radius 2 is 1.89 bits per heavy atom. The van der Waals surface area contributed by atoms with Gasteiger partial charge in [0.25, 0.3) is 0 Å². The number of imidazole rings is 1. The van der Waals surface area contributed by atoms with Crippen molar-refractivity contribution in [3.63, 3.8) is 0 Å². The Balaban J connectivity index is 2.18. The van der Waals surface area contributed by atoms with E-state index in [1.807, 2.05) is 36.1 Å². The molecule has 0 bridgehead atoms. The first-order valence-electron chi connectivity index (χ1n) is 6.13. The molecule has 2 heterocycles. The predicted molar refractivity (Wildman–Crippen MR) is 73.5 cm³/mol. The maximum atomic E-state index is 4.45. The molecular weight excluding hydrogens is 238 g/mol. The Kier molecular flexibility index (Phi) is 2.87. The molecule has 0 aliphatic carbocycles. The van der Waals surface area contributed by atoms with Crippen LogP contribution in [0.3, 0.4) is 0 Å². The van der Waals surface area contributed by atoms with Gasteiger partial charge in [0.1, 0.15) is 5.52 Å². The highest BCUT2D eigenvalue weighted by atomic mass is 15.1. The Bertz CT molecular complexity index is 767. The van der Waals surface area contributed by atoms with Crippen LogP contribution in [-0.4, -0.2) is 26.1 Å². The first-order chi connectivity index (χ1) is 9.29. The fraction of sp³-hybridized carbons (Fsp3) is 0.214. The molecule has 0 amide bonds. The second-order valence-electron chi connectivity index (χ2n) is 4.43. The molecule has 19 heavy (non-hydrogen) atoms. The summed E-state index contributed by atoms with van der Waals surface area (Å²) in [6.07, 6.45) is 3.58. The van der Waals surface area contributed by atoms with Gasteiger partial charge in [0.15, 0.2) is 11.1 Å². The van der Waals surface area contributed by atoms with Crippen LogP contribution in [0, 0.1) is 0 Å². The minimum Gasteiger partial charge on any atom is -0.322 e. The summed E-state index contributed by atoms with van der Waals surface area (Å²) in [4.78, 5) is 13.0. The molecule has 3 aromatic rings. The third-order valence-electron chi connectivity index (χ3n) is 3.13. The summed E-state index contributed by atoms with van der Waals surface area (Å²) in [6, 6.07) is 10.3. The van der Waals surface area contributed by atoms with Crippen LogP contribution in [0.2, 0.25) is 0 Å². The van der Waals surface area contributed by atoms with E-state index in [1.54, 1.807) is 13.4 Å². The quantitative estimate of drug-likeness (QED) is 0.692. The third-order valence-corrected chi connectivity index (χ3v) is 3.13. The number of fused-ring (bicyclic) bond motifs is 1. The molecule has 0 unspecified atom stereocenters. The summed E-state index contributed by atoms with van der Waals surface area (Å²) in [5.74, 6) is 0. The minimum absolute atomic E-state index is 0.724. The van der Waals surface area contributed by atoms with Crippen molar-refractivity contribution in [2.45, 2.75) is 6.54 Å². The first-order valence-corrected chi connectivity index (χ1v) is 6.13. The zero-order chi connectivity index (χ0) is 13.2. The second-order valence-corrected chi connectivity index (χ2v) is 4.43. The fourth-order valence-electron chi connectivity index (χ4n) is 2.18. The molecule has 0 aliphatic rings. The van der Waals surface area contributed by atoms with Crippen molar-refractivity contribution in [1.82, 2.24) is 19.1 Å². The number of aryl methyl sites for hydroxylation is 1. The van der Waals surface area contributed by atoms with Crippen molar-refractivity contribution < 1.29 is 0 Å². The van der Waals surface area contributed by atoms with E-state index in [4.69, 9.17) is 0 Å². The average molecular weight is 253 g/mol. The summed E-state index contributed by atoms with van der Waals surface area (Å²) in [5, 5.41) is 0. The number of nitrogens with zero attached hydrogens (tertiary/aromatic N) is 5. The summed E-state index contributed by atoms with van der Waals surface area (Å²) in [7, 11) is 3.69. The van der Waals surface area contributed by atoms with Crippen molar-refractivity contribution >= 4 is 11.2 Å². The molecule has 0 fully saturated rings. The van der Waals surface area contributed by atoms with Crippen molar-refractivity contribution in [2.24, 2.45) is 12.0 Å². The van der Waals surface area contributed by atoms with Gasteiger partial charge in [-0.3, -0.25) is 4.99 Å². The van der Waals surface area contributed by atoms with Crippen LogP contribution >= 0.6 is 0 Å². The Hall–Kier alpha value is -2.43. The smallest absolute Gasteiger partial charge is 0.176 e. The zero-order valence-electron chi connectivity index (χ0n) is 11.0. The number of benzene rings is 1. The van der Waals surface area contributed by atoms with Gasteiger partial charge in [-0.15, -0.1) is 0 Å². The van der Waals surface area contributed by atoms with Crippen LogP contribution < -0.4 is 5.49 Å².